The summed E-state index contributed by atoms with van der Waals surface area (Å²) in [6.45, 7) is 4.23. The monoisotopic (exact) mass is 370 g/mol. The SMILES string of the molecule is CN1C(=O)N[C@@H](c2ccc(O)cc2)C2=C1CN(CCN1CCCCC1)C2=O. The topological polar surface area (TPSA) is 76.1 Å². The third kappa shape index (κ3) is 3.39. The summed E-state index contributed by atoms with van der Waals surface area (Å²) in [5.41, 5.74) is 2.22. The van der Waals surface area contributed by atoms with Crippen LogP contribution >= 0.6 is 0 Å². The molecule has 0 aliphatic carbocycles. The van der Waals surface area contributed by atoms with E-state index in [9.17, 15) is 14.7 Å². The number of likely N-dealkylation sites (N-methyl/N-ethyl adjacent to an activating group) is 1. The van der Waals surface area contributed by atoms with Crippen LogP contribution in [0.1, 0.15) is 30.9 Å². The fourth-order valence-electron chi connectivity index (χ4n) is 4.17. The van der Waals surface area contributed by atoms with Crippen molar-refractivity contribution in [2.45, 2.75) is 25.3 Å². The van der Waals surface area contributed by atoms with E-state index < -0.39 is 6.04 Å². The molecule has 0 saturated carbocycles. The first-order valence-electron chi connectivity index (χ1n) is 9.62. The van der Waals surface area contributed by atoms with Crippen LogP contribution in [-0.2, 0) is 4.79 Å². The molecule has 3 amide bonds. The number of phenolic OH excluding ortho intramolecular Hbond substituents is 1. The molecule has 3 aliphatic heterocycles. The van der Waals surface area contributed by atoms with Crippen molar-refractivity contribution < 1.29 is 14.7 Å². The molecular formula is C20H26N4O3. The molecule has 0 bridgehead atoms. The lowest BCUT2D eigenvalue weighted by Crippen LogP contribution is -2.45. The Bertz CT molecular complexity index is 768. The third-order valence-electron chi connectivity index (χ3n) is 5.80. The van der Waals surface area contributed by atoms with Gasteiger partial charge in [0, 0.05) is 20.1 Å². The summed E-state index contributed by atoms with van der Waals surface area (Å²) in [6, 6.07) is 5.97. The van der Waals surface area contributed by atoms with Gasteiger partial charge in [0.1, 0.15) is 5.75 Å². The highest BCUT2D eigenvalue weighted by molar-refractivity contribution is 6.01. The van der Waals surface area contributed by atoms with Gasteiger partial charge in [0.25, 0.3) is 5.91 Å². The molecule has 0 aromatic heterocycles. The molecule has 1 atom stereocenters. The van der Waals surface area contributed by atoms with Gasteiger partial charge in [-0.1, -0.05) is 18.6 Å². The van der Waals surface area contributed by atoms with E-state index >= 15 is 0 Å². The molecule has 3 heterocycles. The van der Waals surface area contributed by atoms with Crippen molar-refractivity contribution in [1.82, 2.24) is 20.0 Å². The number of carbonyl (C=O) groups is 2. The van der Waals surface area contributed by atoms with Crippen molar-refractivity contribution in [2.75, 3.05) is 39.8 Å². The number of likely N-dealkylation sites (tertiary alicyclic amines) is 1. The molecule has 1 saturated heterocycles. The second kappa shape index (κ2) is 7.23. The molecule has 0 spiro atoms. The first kappa shape index (κ1) is 17.9. The fourth-order valence-corrected chi connectivity index (χ4v) is 4.17. The van der Waals surface area contributed by atoms with Crippen molar-refractivity contribution in [1.29, 1.82) is 0 Å². The lowest BCUT2D eigenvalue weighted by Gasteiger charge is -2.31. The highest BCUT2D eigenvalue weighted by Crippen LogP contribution is 2.35. The Morgan fingerprint density at radius 3 is 2.48 bits per heavy atom. The van der Waals surface area contributed by atoms with E-state index in [1.807, 2.05) is 4.90 Å². The second-order valence-corrected chi connectivity index (χ2v) is 7.52. The van der Waals surface area contributed by atoms with E-state index in [1.165, 1.54) is 19.3 Å². The van der Waals surface area contributed by atoms with E-state index in [0.717, 1.165) is 30.9 Å². The molecule has 1 aromatic carbocycles. The zero-order valence-corrected chi connectivity index (χ0v) is 15.6. The molecule has 1 aromatic rings. The Labute approximate surface area is 159 Å². The molecule has 7 heteroatoms. The maximum atomic E-state index is 13.1. The number of benzene rings is 1. The third-order valence-corrected chi connectivity index (χ3v) is 5.80. The molecule has 4 rings (SSSR count). The van der Waals surface area contributed by atoms with Gasteiger partial charge in [-0.05, 0) is 43.6 Å². The van der Waals surface area contributed by atoms with Gasteiger partial charge in [0.05, 0.1) is 23.9 Å². The molecule has 1 fully saturated rings. The number of piperidine rings is 1. The lowest BCUT2D eigenvalue weighted by molar-refractivity contribution is -0.126. The zero-order valence-electron chi connectivity index (χ0n) is 15.6. The van der Waals surface area contributed by atoms with Crippen molar-refractivity contribution in [3.63, 3.8) is 0 Å². The van der Waals surface area contributed by atoms with Crippen LogP contribution in [0.2, 0.25) is 0 Å². The van der Waals surface area contributed by atoms with E-state index in [0.29, 0.717) is 18.7 Å². The number of rotatable bonds is 4. The Morgan fingerprint density at radius 1 is 1.07 bits per heavy atom. The quantitative estimate of drug-likeness (QED) is 0.845. The summed E-state index contributed by atoms with van der Waals surface area (Å²) in [6.07, 6.45) is 3.75. The van der Waals surface area contributed by atoms with Gasteiger partial charge in [-0.15, -0.1) is 0 Å². The minimum atomic E-state index is -0.475. The summed E-state index contributed by atoms with van der Waals surface area (Å²) in [7, 11) is 1.71. The largest absolute Gasteiger partial charge is 0.508 e. The van der Waals surface area contributed by atoms with E-state index in [-0.39, 0.29) is 17.7 Å². The average molecular weight is 370 g/mol. The van der Waals surface area contributed by atoms with Crippen LogP contribution in [0.3, 0.4) is 0 Å². The summed E-state index contributed by atoms with van der Waals surface area (Å²) >= 11 is 0. The Hall–Kier alpha value is -2.54. The fraction of sp³-hybridized carbons (Fsp3) is 0.500. The van der Waals surface area contributed by atoms with Crippen LogP contribution in [0.4, 0.5) is 4.79 Å². The average Bonchev–Trinajstić information content (AvgIpc) is 3.01. The maximum Gasteiger partial charge on any atom is 0.322 e. The van der Waals surface area contributed by atoms with Gasteiger partial charge < -0.3 is 20.2 Å². The Balaban J connectivity index is 1.53. The van der Waals surface area contributed by atoms with Gasteiger partial charge in [0.15, 0.2) is 0 Å². The predicted octanol–water partition coefficient (Wildman–Crippen LogP) is 1.67. The normalized spacial score (nSPS) is 23.7. The number of aromatic hydroxyl groups is 1. The summed E-state index contributed by atoms with van der Waals surface area (Å²) in [4.78, 5) is 31.3. The van der Waals surface area contributed by atoms with Crippen molar-refractivity contribution in [2.24, 2.45) is 0 Å². The summed E-state index contributed by atoms with van der Waals surface area (Å²) < 4.78 is 0. The summed E-state index contributed by atoms with van der Waals surface area (Å²) in [5, 5.41) is 12.5. The van der Waals surface area contributed by atoms with Crippen molar-refractivity contribution in [3.05, 3.63) is 41.1 Å². The van der Waals surface area contributed by atoms with Gasteiger partial charge in [-0.3, -0.25) is 9.69 Å². The first-order chi connectivity index (χ1) is 13.0. The van der Waals surface area contributed by atoms with Crippen molar-refractivity contribution >= 4 is 11.9 Å². The van der Waals surface area contributed by atoms with E-state index in [4.69, 9.17) is 0 Å². The highest BCUT2D eigenvalue weighted by atomic mass is 16.3. The summed E-state index contributed by atoms with van der Waals surface area (Å²) in [5.74, 6) is 0.153. The van der Waals surface area contributed by atoms with Crippen LogP contribution < -0.4 is 5.32 Å². The molecule has 144 valence electrons. The lowest BCUT2D eigenvalue weighted by atomic mass is 9.96. The number of carbonyl (C=O) groups excluding carboxylic acids is 2. The number of hydrogen-bond donors (Lipinski definition) is 2. The van der Waals surface area contributed by atoms with Crippen LogP contribution in [-0.4, -0.2) is 71.5 Å². The van der Waals surface area contributed by atoms with E-state index in [2.05, 4.69) is 10.2 Å². The molecule has 3 aliphatic rings. The van der Waals surface area contributed by atoms with Crippen LogP contribution in [0, 0.1) is 0 Å². The first-order valence-corrected chi connectivity index (χ1v) is 9.62. The highest BCUT2D eigenvalue weighted by Gasteiger charge is 2.42. The minimum absolute atomic E-state index is 0.00747. The van der Waals surface area contributed by atoms with Gasteiger partial charge in [-0.25, -0.2) is 4.79 Å². The smallest absolute Gasteiger partial charge is 0.322 e. The molecule has 0 unspecified atom stereocenters. The number of nitrogens with zero attached hydrogens (tertiary/aromatic N) is 3. The van der Waals surface area contributed by atoms with Crippen LogP contribution in [0.5, 0.6) is 5.75 Å². The Morgan fingerprint density at radius 2 is 1.78 bits per heavy atom. The number of nitrogens with one attached hydrogen (secondary N) is 1. The van der Waals surface area contributed by atoms with Crippen LogP contribution in [0.25, 0.3) is 0 Å². The standard InChI is InChI=1S/C20H26N4O3/c1-22-16-13-24(12-11-23-9-3-2-4-10-23)19(26)17(16)18(21-20(22)27)14-5-7-15(25)8-6-14/h5-8,18,25H,2-4,9-13H2,1H3,(H,21,27)/t18-/m0/s1. The molecule has 0 radical (unpaired) electrons. The second-order valence-electron chi connectivity index (χ2n) is 7.52. The molecule has 7 nitrogen and oxygen atoms in total. The van der Waals surface area contributed by atoms with Crippen molar-refractivity contribution in [3.8, 4) is 5.75 Å². The Kier molecular flexibility index (Phi) is 4.78. The molecule has 27 heavy (non-hydrogen) atoms. The molecule has 2 N–H and O–H groups in total. The zero-order chi connectivity index (χ0) is 19.0. The molecular weight excluding hydrogens is 344 g/mol. The maximum absolute atomic E-state index is 13.1. The van der Waals surface area contributed by atoms with Gasteiger partial charge in [-0.2, -0.15) is 0 Å². The van der Waals surface area contributed by atoms with E-state index in [1.54, 1.807) is 36.2 Å². The number of phenols is 1. The minimum Gasteiger partial charge on any atom is -0.508 e. The number of hydrogen-bond acceptors (Lipinski definition) is 4. The van der Waals surface area contributed by atoms with Gasteiger partial charge in [0.2, 0.25) is 0 Å². The number of urea groups is 1. The van der Waals surface area contributed by atoms with Crippen LogP contribution in [0.15, 0.2) is 35.5 Å². The number of amides is 3. The predicted molar refractivity (Wildman–Crippen MR) is 101 cm³/mol. The van der Waals surface area contributed by atoms with Gasteiger partial charge >= 0.3 is 6.03 Å².